The summed E-state index contributed by atoms with van der Waals surface area (Å²) < 4.78 is 0. The summed E-state index contributed by atoms with van der Waals surface area (Å²) >= 11 is 0. The second kappa shape index (κ2) is 4.28. The zero-order valence-corrected chi connectivity index (χ0v) is 6.41. The third kappa shape index (κ3) is 1.92. The molecule has 0 amide bonds. The molecule has 12 heavy (non-hydrogen) atoms. The molecule has 0 aromatic rings. The quantitative estimate of drug-likeness (QED) is 0.259. The van der Waals surface area contributed by atoms with E-state index in [2.05, 4.69) is 20.1 Å². The normalized spacial score (nSPS) is 27.0. The van der Waals surface area contributed by atoms with Gasteiger partial charge < -0.3 is 0 Å². The molecule has 1 aliphatic rings. The second-order valence-electron chi connectivity index (χ2n) is 2.47. The first-order valence-corrected chi connectivity index (χ1v) is 3.63. The topological polar surface area (TPSA) is 97.5 Å². The van der Waals surface area contributed by atoms with Gasteiger partial charge in [-0.2, -0.15) is 0 Å². The largest absolute Gasteiger partial charge is 0.0899 e. The lowest BCUT2D eigenvalue weighted by atomic mass is 9.98. The first-order chi connectivity index (χ1) is 5.88. The van der Waals surface area contributed by atoms with Crippen LogP contribution < -0.4 is 0 Å². The number of allylic oxidation sites excluding steroid dienone is 1. The number of rotatable bonds is 2. The summed E-state index contributed by atoms with van der Waals surface area (Å²) in [4.78, 5) is 5.38. The highest BCUT2D eigenvalue weighted by atomic mass is 15.2. The molecule has 62 valence electrons. The van der Waals surface area contributed by atoms with Crippen molar-refractivity contribution in [2.45, 2.75) is 24.9 Å². The molecule has 1 aliphatic carbocycles. The van der Waals surface area contributed by atoms with Crippen LogP contribution in [-0.2, 0) is 0 Å². The van der Waals surface area contributed by atoms with Gasteiger partial charge in [0.05, 0.1) is 6.04 Å². The molecule has 0 aliphatic heterocycles. The lowest BCUT2D eigenvalue weighted by molar-refractivity contribution is 0.537. The Labute approximate surface area is 69.1 Å². The van der Waals surface area contributed by atoms with Gasteiger partial charge >= 0.3 is 0 Å². The van der Waals surface area contributed by atoms with Crippen LogP contribution >= 0.6 is 0 Å². The van der Waals surface area contributed by atoms with Crippen LogP contribution in [-0.4, -0.2) is 12.1 Å². The average molecular weight is 164 g/mol. The van der Waals surface area contributed by atoms with Gasteiger partial charge in [-0.15, -0.1) is 0 Å². The molecule has 6 heteroatoms. The summed E-state index contributed by atoms with van der Waals surface area (Å²) in [6.45, 7) is 0. The summed E-state index contributed by atoms with van der Waals surface area (Å²) in [5.74, 6) is 0. The second-order valence-corrected chi connectivity index (χ2v) is 2.47. The van der Waals surface area contributed by atoms with E-state index in [1.165, 1.54) is 0 Å². The maximum absolute atomic E-state index is 8.20. The van der Waals surface area contributed by atoms with E-state index in [0.29, 0.717) is 0 Å². The van der Waals surface area contributed by atoms with E-state index in [1.54, 1.807) is 6.08 Å². The van der Waals surface area contributed by atoms with Crippen LogP contribution in [0.5, 0.6) is 0 Å². The van der Waals surface area contributed by atoms with Gasteiger partial charge in [0, 0.05) is 15.9 Å². The lowest BCUT2D eigenvalue weighted by Gasteiger charge is -2.18. The van der Waals surface area contributed by atoms with Crippen molar-refractivity contribution in [1.82, 2.24) is 0 Å². The molecule has 0 saturated heterocycles. The van der Waals surface area contributed by atoms with E-state index < -0.39 is 0 Å². The Hall–Kier alpha value is -1.64. The van der Waals surface area contributed by atoms with E-state index in [4.69, 9.17) is 11.1 Å². The van der Waals surface area contributed by atoms with E-state index in [0.717, 1.165) is 12.8 Å². The van der Waals surface area contributed by atoms with Crippen LogP contribution in [0.3, 0.4) is 0 Å². The molecular weight excluding hydrogens is 156 g/mol. The fourth-order valence-electron chi connectivity index (χ4n) is 1.17. The first-order valence-electron chi connectivity index (χ1n) is 3.63. The highest BCUT2D eigenvalue weighted by Crippen LogP contribution is 2.18. The van der Waals surface area contributed by atoms with Crippen LogP contribution in [0.15, 0.2) is 22.4 Å². The minimum atomic E-state index is -0.306. The Morgan fingerprint density at radius 2 is 2.00 bits per heavy atom. The van der Waals surface area contributed by atoms with Gasteiger partial charge in [0.2, 0.25) is 0 Å². The molecule has 0 heterocycles. The first kappa shape index (κ1) is 8.46. The fraction of sp³-hybridized carbons (Fsp3) is 0.667. The molecule has 0 spiro atoms. The average Bonchev–Trinajstić information content (AvgIpc) is 2.09. The number of hydrogen-bond acceptors (Lipinski definition) is 2. The Morgan fingerprint density at radius 3 is 2.67 bits per heavy atom. The monoisotopic (exact) mass is 164 g/mol. The summed E-state index contributed by atoms with van der Waals surface area (Å²) in [7, 11) is 0. The van der Waals surface area contributed by atoms with E-state index >= 15 is 0 Å². The van der Waals surface area contributed by atoms with Gasteiger partial charge in [-0.05, 0) is 23.9 Å². The molecule has 0 aromatic heterocycles. The van der Waals surface area contributed by atoms with Crippen molar-refractivity contribution in [1.29, 1.82) is 0 Å². The highest BCUT2D eigenvalue weighted by molar-refractivity contribution is 5.05. The van der Waals surface area contributed by atoms with Gasteiger partial charge in [0.1, 0.15) is 0 Å². The fourth-order valence-corrected chi connectivity index (χ4v) is 1.17. The van der Waals surface area contributed by atoms with E-state index in [-0.39, 0.29) is 12.1 Å². The zero-order valence-electron chi connectivity index (χ0n) is 6.41. The van der Waals surface area contributed by atoms with E-state index in [9.17, 15) is 0 Å². The van der Waals surface area contributed by atoms with Crippen molar-refractivity contribution in [2.75, 3.05) is 0 Å². The molecule has 0 N–H and O–H groups in total. The Morgan fingerprint density at radius 1 is 1.25 bits per heavy atom. The predicted octanol–water partition coefficient (Wildman–Crippen LogP) is 2.69. The summed E-state index contributed by atoms with van der Waals surface area (Å²) in [6.07, 6.45) is 5.34. The summed E-state index contributed by atoms with van der Waals surface area (Å²) in [5.41, 5.74) is 16.4. The molecular formula is C6H8N6. The maximum atomic E-state index is 8.20. The summed E-state index contributed by atoms with van der Waals surface area (Å²) in [5, 5.41) is 7.06. The molecule has 6 nitrogen and oxygen atoms in total. The van der Waals surface area contributed by atoms with Gasteiger partial charge in [-0.25, -0.2) is 0 Å². The molecule has 0 saturated carbocycles. The number of hydrogen-bond donors (Lipinski definition) is 0. The van der Waals surface area contributed by atoms with Gasteiger partial charge in [-0.3, -0.25) is 0 Å². The Balaban J connectivity index is 2.77. The van der Waals surface area contributed by atoms with E-state index in [1.807, 2.05) is 6.08 Å². The predicted molar refractivity (Wildman–Crippen MR) is 44.2 cm³/mol. The van der Waals surface area contributed by atoms with Gasteiger partial charge in [0.15, 0.2) is 0 Å². The molecule has 0 unspecified atom stereocenters. The minimum Gasteiger partial charge on any atom is -0.0899 e. The number of nitrogens with zero attached hydrogens (tertiary/aromatic N) is 6. The van der Waals surface area contributed by atoms with Crippen molar-refractivity contribution in [3.8, 4) is 0 Å². The lowest BCUT2D eigenvalue weighted by Crippen LogP contribution is -2.21. The number of azide groups is 2. The van der Waals surface area contributed by atoms with Crippen LogP contribution in [0.25, 0.3) is 20.9 Å². The van der Waals surface area contributed by atoms with Crippen LogP contribution in [0, 0.1) is 0 Å². The van der Waals surface area contributed by atoms with Crippen LogP contribution in [0.1, 0.15) is 12.8 Å². The smallest absolute Gasteiger partial charge is 0.0639 e. The third-order valence-corrected chi connectivity index (χ3v) is 1.74. The third-order valence-electron chi connectivity index (χ3n) is 1.74. The molecule has 2 atom stereocenters. The molecule has 1 rings (SSSR count). The SMILES string of the molecule is [N-]=[N+]=N[C@H]1CCC=C[C@H]1N=[N+]=[N-]. The van der Waals surface area contributed by atoms with Crippen LogP contribution in [0.2, 0.25) is 0 Å². The van der Waals surface area contributed by atoms with Gasteiger partial charge in [-0.1, -0.05) is 22.4 Å². The van der Waals surface area contributed by atoms with Crippen molar-refractivity contribution in [3.05, 3.63) is 33.0 Å². The van der Waals surface area contributed by atoms with Crippen LogP contribution in [0.4, 0.5) is 0 Å². The molecule has 0 radical (unpaired) electrons. The van der Waals surface area contributed by atoms with Crippen molar-refractivity contribution < 1.29 is 0 Å². The van der Waals surface area contributed by atoms with Gasteiger partial charge in [0.25, 0.3) is 0 Å². The van der Waals surface area contributed by atoms with Crippen molar-refractivity contribution in [2.24, 2.45) is 10.2 Å². The maximum Gasteiger partial charge on any atom is 0.0639 e. The molecule has 0 fully saturated rings. The van der Waals surface area contributed by atoms with Crippen molar-refractivity contribution >= 4 is 0 Å². The highest BCUT2D eigenvalue weighted by Gasteiger charge is 2.18. The minimum absolute atomic E-state index is 0.212. The Bertz CT molecular complexity index is 270. The Kier molecular flexibility index (Phi) is 3.02. The standard InChI is InChI=1S/C6H8N6/c7-11-9-5-3-1-2-4-6(5)10-12-8/h1,3,5-6H,2,4H2/t5-,6+/m1/s1. The summed E-state index contributed by atoms with van der Waals surface area (Å²) in [6, 6.07) is -0.518. The molecule has 0 aromatic carbocycles. The van der Waals surface area contributed by atoms with Crippen molar-refractivity contribution in [3.63, 3.8) is 0 Å². The zero-order chi connectivity index (χ0) is 8.81. The molecule has 0 bridgehead atoms.